The van der Waals surface area contributed by atoms with E-state index in [1.54, 1.807) is 25.1 Å². The Morgan fingerprint density at radius 2 is 2.00 bits per heavy atom. The van der Waals surface area contributed by atoms with Crippen molar-refractivity contribution in [1.29, 1.82) is 0 Å². The van der Waals surface area contributed by atoms with Crippen molar-refractivity contribution in [3.8, 4) is 11.5 Å². The van der Waals surface area contributed by atoms with Crippen LogP contribution in [0.25, 0.3) is 12.2 Å². The number of nitro groups is 1. The Balaban J connectivity index is 2.55. The van der Waals surface area contributed by atoms with Gasteiger partial charge >= 0.3 is 16.9 Å². The fourth-order valence-electron chi connectivity index (χ4n) is 2.10. The van der Waals surface area contributed by atoms with Gasteiger partial charge in [-0.3, -0.25) is 19.9 Å². The lowest BCUT2D eigenvalue weighted by molar-refractivity contribution is -0.386. The third-order valence-corrected chi connectivity index (χ3v) is 3.08. The highest BCUT2D eigenvalue weighted by Crippen LogP contribution is 2.32. The molecule has 2 rings (SSSR count). The van der Waals surface area contributed by atoms with Gasteiger partial charge in [0.1, 0.15) is 5.69 Å². The Morgan fingerprint density at radius 1 is 1.25 bits per heavy atom. The lowest BCUT2D eigenvalue weighted by atomic mass is 10.1. The third-order valence-electron chi connectivity index (χ3n) is 3.08. The fraction of sp³-hybridized carbons (Fsp3) is 0.200. The van der Waals surface area contributed by atoms with Crippen molar-refractivity contribution in [2.75, 3.05) is 13.7 Å². The van der Waals surface area contributed by atoms with Gasteiger partial charge < -0.3 is 14.5 Å². The summed E-state index contributed by atoms with van der Waals surface area (Å²) in [5, 5.41) is 11.0. The van der Waals surface area contributed by atoms with Crippen LogP contribution in [-0.4, -0.2) is 28.6 Å². The predicted octanol–water partition coefficient (Wildman–Crippen LogP) is 1.55. The van der Waals surface area contributed by atoms with E-state index in [9.17, 15) is 19.7 Å². The highest BCUT2D eigenvalue weighted by atomic mass is 16.6. The normalized spacial score (nSPS) is 10.8. The highest BCUT2D eigenvalue weighted by Gasteiger charge is 2.19. The summed E-state index contributed by atoms with van der Waals surface area (Å²) in [4.78, 5) is 37.2. The van der Waals surface area contributed by atoms with Crippen molar-refractivity contribution in [2.24, 2.45) is 0 Å². The molecule has 0 spiro atoms. The van der Waals surface area contributed by atoms with Gasteiger partial charge in [0.2, 0.25) is 0 Å². The van der Waals surface area contributed by atoms with Gasteiger partial charge in [0.15, 0.2) is 11.5 Å². The molecule has 0 radical (unpaired) electrons. The van der Waals surface area contributed by atoms with E-state index in [-0.39, 0.29) is 5.69 Å². The average Bonchev–Trinajstić information content (AvgIpc) is 2.52. The van der Waals surface area contributed by atoms with Gasteiger partial charge in [-0.1, -0.05) is 12.1 Å². The number of methoxy groups -OCH3 is 1. The van der Waals surface area contributed by atoms with Crippen LogP contribution < -0.4 is 20.7 Å². The largest absolute Gasteiger partial charge is 0.493 e. The van der Waals surface area contributed by atoms with Gasteiger partial charge in [-0.2, -0.15) is 0 Å². The monoisotopic (exact) mass is 333 g/mol. The second-order valence-electron chi connectivity index (χ2n) is 4.57. The topological polar surface area (TPSA) is 127 Å². The third kappa shape index (κ3) is 3.51. The summed E-state index contributed by atoms with van der Waals surface area (Å²) >= 11 is 0. The number of aromatic amines is 2. The minimum atomic E-state index is -1.07. The van der Waals surface area contributed by atoms with Crippen LogP contribution in [0.15, 0.2) is 27.8 Å². The summed E-state index contributed by atoms with van der Waals surface area (Å²) < 4.78 is 10.7. The minimum Gasteiger partial charge on any atom is -0.493 e. The van der Waals surface area contributed by atoms with Crippen LogP contribution in [0, 0.1) is 10.1 Å². The number of ether oxygens (including phenoxy) is 2. The first-order valence-electron chi connectivity index (χ1n) is 6.96. The van der Waals surface area contributed by atoms with E-state index in [0.717, 1.165) is 0 Å². The summed E-state index contributed by atoms with van der Waals surface area (Å²) in [6, 6.07) is 5.14. The maximum absolute atomic E-state index is 11.6. The van der Waals surface area contributed by atoms with Crippen molar-refractivity contribution in [2.45, 2.75) is 6.92 Å². The van der Waals surface area contributed by atoms with Crippen LogP contribution in [0.1, 0.15) is 18.2 Å². The molecular weight excluding hydrogens is 318 g/mol. The first-order chi connectivity index (χ1) is 11.5. The number of hydrogen-bond acceptors (Lipinski definition) is 6. The molecule has 0 saturated heterocycles. The molecule has 1 aromatic heterocycles. The number of H-pyrrole nitrogens is 2. The second kappa shape index (κ2) is 7.27. The Hall–Kier alpha value is -3.36. The molecule has 1 aromatic carbocycles. The SMILES string of the molecule is CCOc1c(/C=C/c2[nH]c(=O)[nH]c(=O)c2[N+](=O)[O-])cccc1OC. The molecule has 0 aliphatic heterocycles. The molecule has 0 fully saturated rings. The van der Waals surface area contributed by atoms with E-state index >= 15 is 0 Å². The van der Waals surface area contributed by atoms with E-state index in [2.05, 4.69) is 4.98 Å². The molecule has 0 aliphatic rings. The van der Waals surface area contributed by atoms with Crippen molar-refractivity contribution < 1.29 is 14.4 Å². The van der Waals surface area contributed by atoms with Gasteiger partial charge in [-0.25, -0.2) is 4.79 Å². The molecule has 0 saturated carbocycles. The molecule has 0 aliphatic carbocycles. The molecule has 1 heterocycles. The van der Waals surface area contributed by atoms with Gasteiger partial charge in [0, 0.05) is 5.56 Å². The summed E-state index contributed by atoms with van der Waals surface area (Å²) in [6.07, 6.45) is 2.76. The van der Waals surface area contributed by atoms with Gasteiger partial charge in [-0.05, 0) is 25.1 Å². The van der Waals surface area contributed by atoms with Crippen LogP contribution in [0.4, 0.5) is 5.69 Å². The number of rotatable bonds is 6. The van der Waals surface area contributed by atoms with Crippen LogP contribution in [-0.2, 0) is 0 Å². The number of nitrogens with zero attached hydrogens (tertiary/aromatic N) is 1. The maximum Gasteiger partial charge on any atom is 0.357 e. The Morgan fingerprint density at radius 3 is 2.62 bits per heavy atom. The zero-order valence-corrected chi connectivity index (χ0v) is 13.0. The van der Waals surface area contributed by atoms with E-state index in [0.29, 0.717) is 23.7 Å². The summed E-state index contributed by atoms with van der Waals surface area (Å²) in [5.74, 6) is 0.946. The zero-order valence-electron chi connectivity index (χ0n) is 13.0. The average molecular weight is 333 g/mol. The van der Waals surface area contributed by atoms with Crippen LogP contribution in [0.3, 0.4) is 0 Å². The molecule has 2 N–H and O–H groups in total. The van der Waals surface area contributed by atoms with Crippen LogP contribution >= 0.6 is 0 Å². The Bertz CT molecular complexity index is 897. The maximum atomic E-state index is 11.6. The Labute approximate surface area is 135 Å². The van der Waals surface area contributed by atoms with Crippen molar-refractivity contribution in [1.82, 2.24) is 9.97 Å². The first-order valence-corrected chi connectivity index (χ1v) is 6.96. The molecule has 0 amide bonds. The lowest BCUT2D eigenvalue weighted by Crippen LogP contribution is -2.25. The lowest BCUT2D eigenvalue weighted by Gasteiger charge is -2.11. The van der Waals surface area contributed by atoms with Gasteiger partial charge in [0.25, 0.3) is 0 Å². The molecule has 2 aromatic rings. The van der Waals surface area contributed by atoms with E-state index < -0.39 is 21.9 Å². The summed E-state index contributed by atoms with van der Waals surface area (Å²) in [6.45, 7) is 2.20. The standard InChI is InChI=1S/C15H15N3O6/c1-3-24-13-9(5-4-6-11(13)23-2)7-8-10-12(18(21)22)14(19)17-15(20)16-10/h4-8H,3H2,1-2H3,(H2,16,17,19,20)/b8-7+. The molecular formula is C15H15N3O6. The number of nitrogens with one attached hydrogen (secondary N) is 2. The van der Waals surface area contributed by atoms with Crippen molar-refractivity contribution in [3.05, 3.63) is 60.4 Å². The second-order valence-corrected chi connectivity index (χ2v) is 4.57. The van der Waals surface area contributed by atoms with Gasteiger partial charge in [0.05, 0.1) is 18.6 Å². The number of hydrogen-bond donors (Lipinski definition) is 2. The van der Waals surface area contributed by atoms with Gasteiger partial charge in [-0.15, -0.1) is 0 Å². The molecule has 9 heteroatoms. The van der Waals surface area contributed by atoms with E-state index in [1.807, 2.05) is 4.98 Å². The molecule has 0 unspecified atom stereocenters. The molecule has 0 atom stereocenters. The molecule has 0 bridgehead atoms. The Kier molecular flexibility index (Phi) is 5.15. The van der Waals surface area contributed by atoms with Crippen LogP contribution in [0.2, 0.25) is 0 Å². The number of benzene rings is 1. The number of aromatic nitrogens is 2. The molecule has 24 heavy (non-hydrogen) atoms. The summed E-state index contributed by atoms with van der Waals surface area (Å²) in [5.41, 5.74) is -2.28. The minimum absolute atomic E-state index is 0.209. The highest BCUT2D eigenvalue weighted by molar-refractivity contribution is 5.75. The van der Waals surface area contributed by atoms with E-state index in [1.165, 1.54) is 19.3 Å². The smallest absolute Gasteiger partial charge is 0.357 e. The van der Waals surface area contributed by atoms with E-state index in [4.69, 9.17) is 9.47 Å². The van der Waals surface area contributed by atoms with Crippen LogP contribution in [0.5, 0.6) is 11.5 Å². The summed E-state index contributed by atoms with van der Waals surface area (Å²) in [7, 11) is 1.49. The van der Waals surface area contributed by atoms with Crippen molar-refractivity contribution >= 4 is 17.8 Å². The first kappa shape index (κ1) is 17.0. The zero-order chi connectivity index (χ0) is 17.7. The molecule has 126 valence electrons. The van der Waals surface area contributed by atoms with Crippen molar-refractivity contribution in [3.63, 3.8) is 0 Å². The molecule has 9 nitrogen and oxygen atoms in total. The fourth-order valence-corrected chi connectivity index (χ4v) is 2.10. The number of para-hydroxylation sites is 1. The predicted molar refractivity (Wildman–Crippen MR) is 87.4 cm³/mol. The quantitative estimate of drug-likeness (QED) is 0.610.